The Morgan fingerprint density at radius 2 is 1.38 bits per heavy atom. The maximum Gasteiger partial charge on any atom is 0.129 e. The molecule has 0 amide bonds. The minimum atomic E-state index is -1.71. The summed E-state index contributed by atoms with van der Waals surface area (Å²) in [6, 6.07) is 20.2. The minimum absolute atomic E-state index is 0.440. The highest BCUT2D eigenvalue weighted by Crippen LogP contribution is 2.62. The van der Waals surface area contributed by atoms with Gasteiger partial charge in [0.15, 0.2) is 0 Å². The van der Waals surface area contributed by atoms with Gasteiger partial charge in [0.05, 0.1) is 0 Å². The molecule has 0 aliphatic heterocycles. The summed E-state index contributed by atoms with van der Waals surface area (Å²) in [5.41, 5.74) is 5.45. The molecule has 3 aromatic rings. The first-order chi connectivity index (χ1) is 15.3. The van der Waals surface area contributed by atoms with Gasteiger partial charge in [0, 0.05) is 7.05 Å². The second-order valence-electron chi connectivity index (χ2n) is 9.60. The number of hydrogen-bond donors (Lipinski definition) is 1. The number of aliphatic hydroxyl groups excluding tert-OH is 1. The number of hydrogen-bond acceptors (Lipinski definition) is 2. The Labute approximate surface area is 191 Å². The molecule has 0 saturated heterocycles. The van der Waals surface area contributed by atoms with E-state index in [1.165, 1.54) is 10.8 Å². The summed E-state index contributed by atoms with van der Waals surface area (Å²) in [6.07, 6.45) is -0.747. The summed E-state index contributed by atoms with van der Waals surface area (Å²) in [6.45, 7) is 13.5. The first-order valence-corrected chi connectivity index (χ1v) is 13.5. The van der Waals surface area contributed by atoms with Gasteiger partial charge in [-0.2, -0.15) is 9.97 Å². The molecule has 32 heavy (non-hydrogen) atoms. The molecule has 1 aliphatic carbocycles. The Balaban J connectivity index is 1.89. The van der Waals surface area contributed by atoms with Gasteiger partial charge in [-0.15, -0.1) is 0 Å². The lowest BCUT2D eigenvalue weighted by atomic mass is 9.79. The zero-order valence-electron chi connectivity index (χ0n) is 19.9. The fourth-order valence-corrected chi connectivity index (χ4v) is 9.91. The van der Waals surface area contributed by atoms with Crippen LogP contribution in [0.15, 0.2) is 75.9 Å². The van der Waals surface area contributed by atoms with Crippen molar-refractivity contribution in [2.24, 2.45) is 15.2 Å². The fraction of sp³-hybridized carbons (Fsp3) is 0.407. The Morgan fingerprint density at radius 1 is 0.750 bits per heavy atom. The normalized spacial score (nSPS) is 18.6. The molecule has 1 aliphatic rings. The molecule has 0 radical (unpaired) electrons. The van der Waals surface area contributed by atoms with E-state index < -0.39 is 19.2 Å². The van der Waals surface area contributed by atoms with Crippen molar-refractivity contribution in [1.29, 1.82) is 0 Å². The van der Waals surface area contributed by atoms with E-state index in [-0.39, 0.29) is 0 Å². The van der Waals surface area contributed by atoms with Crippen molar-refractivity contribution in [3.63, 3.8) is 0 Å². The number of fused-ring (bicyclic) bond motifs is 5. The molecule has 3 aromatic carbocycles. The summed E-state index contributed by atoms with van der Waals surface area (Å²) in [4.78, 5) is 4.93. The number of benzene rings is 3. The van der Waals surface area contributed by atoms with Crippen molar-refractivity contribution < 1.29 is 5.11 Å². The summed E-state index contributed by atoms with van der Waals surface area (Å²) in [5.74, 6) is 0. The average Bonchev–Trinajstić information content (AvgIpc) is 2.77. The lowest BCUT2D eigenvalue weighted by Crippen LogP contribution is -2.17. The molecule has 168 valence electrons. The summed E-state index contributed by atoms with van der Waals surface area (Å²) in [7, 11) is -1.71. The summed E-state index contributed by atoms with van der Waals surface area (Å²) >= 11 is 0. The van der Waals surface area contributed by atoms with Crippen molar-refractivity contribution in [3.8, 4) is 11.1 Å². The predicted octanol–water partition coefficient (Wildman–Crippen LogP) is 8.39. The van der Waals surface area contributed by atoms with Crippen molar-refractivity contribution in [2.75, 3.05) is 0 Å². The van der Waals surface area contributed by atoms with E-state index in [0.717, 1.165) is 22.3 Å². The molecule has 0 saturated carbocycles. The molecular weight excluding hydrogens is 413 g/mol. The van der Waals surface area contributed by atoms with Crippen molar-refractivity contribution >= 4 is 17.8 Å². The Morgan fingerprint density at radius 3 is 2.06 bits per heavy atom. The third-order valence-corrected chi connectivity index (χ3v) is 12.3. The lowest BCUT2D eigenvalue weighted by molar-refractivity contribution is 0.143. The lowest BCUT2D eigenvalue weighted by Gasteiger charge is -2.34. The third-order valence-electron chi connectivity index (χ3n) is 6.98. The van der Waals surface area contributed by atoms with Crippen molar-refractivity contribution in [2.45, 2.75) is 70.7 Å². The molecular formula is C27H34N3OP. The molecule has 0 spiro atoms. The van der Waals surface area contributed by atoms with Crippen LogP contribution in [0, 0.1) is 0 Å². The van der Waals surface area contributed by atoms with Crippen molar-refractivity contribution in [1.82, 2.24) is 0 Å². The van der Waals surface area contributed by atoms with Gasteiger partial charge in [-0.3, -0.25) is 0 Å². The van der Waals surface area contributed by atoms with E-state index in [1.54, 1.807) is 0 Å². The second-order valence-corrected chi connectivity index (χ2v) is 14.5. The van der Waals surface area contributed by atoms with Gasteiger partial charge in [0.2, 0.25) is 0 Å². The summed E-state index contributed by atoms with van der Waals surface area (Å²) < 4.78 is 0. The van der Waals surface area contributed by atoms with Gasteiger partial charge in [-0.1, -0.05) is 107 Å². The van der Waals surface area contributed by atoms with Gasteiger partial charge in [0.25, 0.3) is 0 Å². The Bertz CT molecular complexity index is 1180. The van der Waals surface area contributed by atoms with Gasteiger partial charge in [-0.25, -0.2) is 0 Å². The first-order valence-electron chi connectivity index (χ1n) is 11.6. The van der Waals surface area contributed by atoms with Crippen LogP contribution in [0.3, 0.4) is 0 Å². The predicted molar refractivity (Wildman–Crippen MR) is 137 cm³/mol. The zero-order chi connectivity index (χ0) is 23.0. The van der Waals surface area contributed by atoms with Gasteiger partial charge >= 0.3 is 0 Å². The average molecular weight is 448 g/mol. The molecule has 4 rings (SSSR count). The molecule has 0 aromatic heterocycles. The van der Waals surface area contributed by atoms with Crippen LogP contribution < -0.4 is 0 Å². The monoisotopic (exact) mass is 447 g/mol. The highest BCUT2D eigenvalue weighted by atomic mass is 31.2. The van der Waals surface area contributed by atoms with Crippen LogP contribution in [0.5, 0.6) is 0 Å². The van der Waals surface area contributed by atoms with Gasteiger partial charge in [-0.05, 0) is 50.0 Å². The highest BCUT2D eigenvalue weighted by Gasteiger charge is 2.35. The maximum absolute atomic E-state index is 11.3. The Hall–Kier alpha value is -2.29. The molecule has 0 bridgehead atoms. The van der Waals surface area contributed by atoms with Crippen LogP contribution in [0.25, 0.3) is 21.9 Å². The quantitative estimate of drug-likeness (QED) is 0.238. The van der Waals surface area contributed by atoms with E-state index in [0.29, 0.717) is 17.0 Å². The van der Waals surface area contributed by atoms with Gasteiger partial charge < -0.3 is 5.11 Å². The maximum atomic E-state index is 11.3. The number of nitrogens with zero attached hydrogens (tertiary/aromatic N) is 3. The van der Waals surface area contributed by atoms with E-state index >= 15 is 0 Å². The molecule has 1 N–H and O–H groups in total. The molecule has 2 atom stereocenters. The second kappa shape index (κ2) is 8.92. The highest BCUT2D eigenvalue weighted by molar-refractivity contribution is 7.68. The van der Waals surface area contributed by atoms with Crippen LogP contribution in [-0.2, 0) is 0 Å². The Kier molecular flexibility index (Phi) is 6.38. The van der Waals surface area contributed by atoms with Crippen LogP contribution >= 0.6 is 7.05 Å². The topological polar surface area (TPSA) is 57.3 Å². The van der Waals surface area contributed by atoms with Crippen LogP contribution in [-0.4, -0.2) is 22.1 Å². The molecule has 0 fully saturated rings. The molecule has 2 unspecified atom stereocenters. The first kappa shape index (κ1) is 22.9. The molecule has 0 heterocycles. The third kappa shape index (κ3) is 3.64. The van der Waals surface area contributed by atoms with Crippen LogP contribution in [0.4, 0.5) is 0 Å². The largest absolute Gasteiger partial charge is 0.386 e. The molecule has 4 nitrogen and oxygen atoms in total. The van der Waals surface area contributed by atoms with Gasteiger partial charge in [0.1, 0.15) is 12.1 Å². The fourth-order valence-electron chi connectivity index (χ4n) is 5.53. The number of rotatable bonds is 5. The minimum Gasteiger partial charge on any atom is -0.386 e. The number of aliphatic hydroxyl groups is 1. The summed E-state index contributed by atoms with van der Waals surface area (Å²) in [5, 5.41) is 22.8. The smallest absolute Gasteiger partial charge is 0.129 e. The van der Waals surface area contributed by atoms with E-state index in [2.05, 4.69) is 94.3 Å². The van der Waals surface area contributed by atoms with E-state index in [9.17, 15) is 5.11 Å². The SMILES string of the molecule is CC(C)P(=NN=NC1c2ccc3ccccc3c2-c2ccccc2C1O)(C(C)C)C(C)C. The van der Waals surface area contributed by atoms with Crippen LogP contribution in [0.2, 0.25) is 0 Å². The van der Waals surface area contributed by atoms with E-state index in [1.807, 2.05) is 18.2 Å². The standard InChI is InChI=1S/C27H34N3OP/c1-17(2)32(18(3)4,19(5)6)30-29-28-26-24-16-15-20-11-7-8-12-21(20)25(24)22-13-9-10-14-23(22)27(26)31/h7-19,26-27,31H,1-6H3. The van der Waals surface area contributed by atoms with Crippen molar-refractivity contribution in [3.05, 3.63) is 71.8 Å². The molecule has 5 heteroatoms. The zero-order valence-corrected chi connectivity index (χ0v) is 20.8. The van der Waals surface area contributed by atoms with E-state index in [4.69, 9.17) is 4.85 Å². The van der Waals surface area contributed by atoms with Crippen LogP contribution in [0.1, 0.15) is 64.8 Å².